The van der Waals surface area contributed by atoms with Crippen molar-refractivity contribution >= 4 is 40.5 Å². The number of nitrogens with one attached hydrogen (secondary N) is 1. The molecule has 0 radical (unpaired) electrons. The van der Waals surface area contributed by atoms with Crippen LogP contribution < -0.4 is 15.0 Å². The smallest absolute Gasteiger partial charge is 0.420 e. The topological polar surface area (TPSA) is 80.2 Å². The van der Waals surface area contributed by atoms with E-state index in [1.807, 2.05) is 4.90 Å². The number of hydrogen-bond donors (Lipinski definition) is 1. The minimum Gasteiger partial charge on any atom is -0.420 e. The van der Waals surface area contributed by atoms with E-state index >= 15 is 0 Å². The molecule has 12 heteroatoms. The molecule has 0 spiro atoms. The molecule has 1 atom stereocenters. The van der Waals surface area contributed by atoms with Crippen LogP contribution in [0.1, 0.15) is 16.8 Å². The number of anilines is 2. The van der Waals surface area contributed by atoms with Crippen molar-refractivity contribution in [2.45, 2.75) is 18.2 Å². The van der Waals surface area contributed by atoms with Crippen LogP contribution in [0.5, 0.6) is 5.75 Å². The number of pyridine rings is 1. The lowest BCUT2D eigenvalue weighted by Gasteiger charge is -2.19. The molecular weight excluding hydrogens is 455 g/mol. The zero-order valence-corrected chi connectivity index (χ0v) is 17.3. The first-order valence-corrected chi connectivity index (χ1v) is 10.3. The van der Waals surface area contributed by atoms with E-state index in [1.54, 1.807) is 6.07 Å². The van der Waals surface area contributed by atoms with E-state index in [1.165, 1.54) is 36.8 Å². The Labute approximate surface area is 184 Å². The second-order valence-corrected chi connectivity index (χ2v) is 7.92. The van der Waals surface area contributed by atoms with Crippen LogP contribution in [-0.4, -0.2) is 45.1 Å². The Morgan fingerprint density at radius 2 is 2.06 bits per heavy atom. The zero-order valence-electron chi connectivity index (χ0n) is 15.8. The predicted octanol–water partition coefficient (Wildman–Crippen LogP) is 4.57. The summed E-state index contributed by atoms with van der Waals surface area (Å²) < 4.78 is 47.3. The number of carbonyl (C=O) groups is 1. The molecule has 1 aliphatic rings. The molecule has 3 heterocycles. The Hall–Kier alpha value is -2.92. The third kappa shape index (κ3) is 5.23. The minimum absolute atomic E-state index is 0.153. The maximum absolute atomic E-state index is 13.7. The maximum Gasteiger partial charge on any atom is 0.487 e. The Balaban J connectivity index is 1.55. The van der Waals surface area contributed by atoms with Crippen molar-refractivity contribution in [1.82, 2.24) is 14.3 Å². The van der Waals surface area contributed by atoms with Crippen molar-refractivity contribution in [3.05, 3.63) is 48.4 Å². The molecule has 1 N–H and O–H groups in total. The Bertz CT molecular complexity index is 1060. The molecule has 1 aromatic carbocycles. The second kappa shape index (κ2) is 8.67. The van der Waals surface area contributed by atoms with Gasteiger partial charge in [-0.2, -0.15) is 4.37 Å². The first-order valence-electron chi connectivity index (χ1n) is 9.12. The van der Waals surface area contributed by atoms with Crippen molar-refractivity contribution in [2.75, 3.05) is 23.3 Å². The van der Waals surface area contributed by atoms with E-state index in [9.17, 15) is 18.0 Å². The normalized spacial score (nSPS) is 16.4. The summed E-state index contributed by atoms with van der Waals surface area (Å²) in [5.41, 5.74) is -2.64. The average Bonchev–Trinajstić information content (AvgIpc) is 3.40. The SMILES string of the molecule is O=C(Nc1ccc(OC(F)(F)Cl)cc1)c1cnc(N2CC[C@@H](F)C2)c(-c2ncns2)c1. The summed E-state index contributed by atoms with van der Waals surface area (Å²) in [5, 5.41) is 3.21. The first-order chi connectivity index (χ1) is 14.8. The number of benzene rings is 1. The Kier molecular flexibility index (Phi) is 5.96. The van der Waals surface area contributed by atoms with Gasteiger partial charge in [-0.3, -0.25) is 4.79 Å². The van der Waals surface area contributed by atoms with Crippen LogP contribution in [0.15, 0.2) is 42.9 Å². The van der Waals surface area contributed by atoms with Crippen molar-refractivity contribution in [2.24, 2.45) is 0 Å². The van der Waals surface area contributed by atoms with E-state index in [4.69, 9.17) is 11.6 Å². The summed E-state index contributed by atoms with van der Waals surface area (Å²) in [7, 11) is 0. The fourth-order valence-corrected chi connectivity index (χ4v) is 3.76. The number of halogens is 4. The third-order valence-electron chi connectivity index (χ3n) is 4.50. The lowest BCUT2D eigenvalue weighted by molar-refractivity contribution is -0.0964. The number of hydrogen-bond acceptors (Lipinski definition) is 7. The molecule has 0 bridgehead atoms. The van der Waals surface area contributed by atoms with E-state index in [2.05, 4.69) is 24.4 Å². The van der Waals surface area contributed by atoms with Gasteiger partial charge in [0.25, 0.3) is 5.91 Å². The number of nitrogens with zero attached hydrogens (tertiary/aromatic N) is 4. The Morgan fingerprint density at radius 3 is 2.68 bits per heavy atom. The van der Waals surface area contributed by atoms with Gasteiger partial charge >= 0.3 is 5.57 Å². The second-order valence-electron chi connectivity index (χ2n) is 6.70. The molecule has 3 aromatic rings. The lowest BCUT2D eigenvalue weighted by Crippen LogP contribution is -2.22. The highest BCUT2D eigenvalue weighted by Crippen LogP contribution is 2.33. The van der Waals surface area contributed by atoms with Gasteiger partial charge in [-0.1, -0.05) is 0 Å². The molecule has 1 aliphatic heterocycles. The summed E-state index contributed by atoms with van der Waals surface area (Å²) in [6, 6.07) is 6.92. The van der Waals surface area contributed by atoms with E-state index in [0.717, 1.165) is 11.5 Å². The van der Waals surface area contributed by atoms with Gasteiger partial charge in [0.05, 0.1) is 17.7 Å². The number of rotatable bonds is 6. The molecule has 4 rings (SSSR count). The summed E-state index contributed by atoms with van der Waals surface area (Å²) in [5.74, 6) is -0.0812. The summed E-state index contributed by atoms with van der Waals surface area (Å²) in [6.07, 6.45) is 2.27. The molecule has 31 heavy (non-hydrogen) atoms. The fraction of sp³-hybridized carbons (Fsp3) is 0.263. The first kappa shape index (κ1) is 21.3. The van der Waals surface area contributed by atoms with Crippen LogP contribution in [-0.2, 0) is 0 Å². The molecule has 1 fully saturated rings. The van der Waals surface area contributed by atoms with Crippen molar-refractivity contribution in [3.8, 4) is 16.3 Å². The van der Waals surface area contributed by atoms with Gasteiger partial charge in [0.1, 0.15) is 29.1 Å². The average molecular weight is 470 g/mol. The standard InChI is InChI=1S/C19H15ClF3N5O2S/c20-19(22,23)30-14-3-1-13(2-4-14)27-17(29)11-7-15(18-25-10-26-31-18)16(24-8-11)28-6-5-12(21)9-28/h1-4,7-8,10,12H,5-6,9H2,(H,27,29)/t12-/m1/s1. The highest BCUT2D eigenvalue weighted by atomic mass is 35.5. The van der Waals surface area contributed by atoms with Crippen LogP contribution >= 0.6 is 23.1 Å². The van der Waals surface area contributed by atoms with Crippen LogP contribution in [0, 0.1) is 0 Å². The van der Waals surface area contributed by atoms with Crippen molar-refractivity contribution in [1.29, 1.82) is 0 Å². The third-order valence-corrected chi connectivity index (χ3v) is 5.27. The quantitative estimate of drug-likeness (QED) is 0.533. The summed E-state index contributed by atoms with van der Waals surface area (Å²) >= 11 is 5.87. The van der Waals surface area contributed by atoms with Gasteiger partial charge in [0.15, 0.2) is 0 Å². The molecule has 1 amide bonds. The fourth-order valence-electron chi connectivity index (χ4n) is 3.14. The predicted molar refractivity (Wildman–Crippen MR) is 111 cm³/mol. The van der Waals surface area contributed by atoms with E-state index < -0.39 is 17.6 Å². The van der Waals surface area contributed by atoms with E-state index in [-0.39, 0.29) is 17.9 Å². The highest BCUT2D eigenvalue weighted by Gasteiger charge is 2.28. The molecule has 0 saturated carbocycles. The highest BCUT2D eigenvalue weighted by molar-refractivity contribution is 7.09. The van der Waals surface area contributed by atoms with Crippen LogP contribution in [0.2, 0.25) is 0 Å². The van der Waals surface area contributed by atoms with Crippen LogP contribution in [0.25, 0.3) is 10.6 Å². The molecule has 1 saturated heterocycles. The number of aromatic nitrogens is 3. The van der Waals surface area contributed by atoms with Crippen molar-refractivity contribution in [3.63, 3.8) is 0 Å². The lowest BCUT2D eigenvalue weighted by atomic mass is 10.1. The van der Waals surface area contributed by atoms with Gasteiger partial charge in [0, 0.05) is 30.0 Å². The van der Waals surface area contributed by atoms with Gasteiger partial charge in [-0.25, -0.2) is 14.4 Å². The summed E-state index contributed by atoms with van der Waals surface area (Å²) in [4.78, 5) is 23.1. The molecule has 0 unspecified atom stereocenters. The number of amides is 1. The Morgan fingerprint density at radius 1 is 1.29 bits per heavy atom. The van der Waals surface area contributed by atoms with Gasteiger partial charge < -0.3 is 15.0 Å². The molecule has 162 valence electrons. The van der Waals surface area contributed by atoms with E-state index in [0.29, 0.717) is 35.0 Å². The van der Waals surface area contributed by atoms with Gasteiger partial charge in [-0.05, 0) is 48.3 Å². The maximum atomic E-state index is 13.7. The summed E-state index contributed by atoms with van der Waals surface area (Å²) in [6.45, 7) is 0.737. The van der Waals surface area contributed by atoms with Crippen molar-refractivity contribution < 1.29 is 22.7 Å². The minimum atomic E-state index is -3.82. The van der Waals surface area contributed by atoms with Crippen LogP contribution in [0.4, 0.5) is 24.7 Å². The van der Waals surface area contributed by atoms with Gasteiger partial charge in [-0.15, -0.1) is 8.78 Å². The monoisotopic (exact) mass is 469 g/mol. The molecule has 0 aliphatic carbocycles. The molecule has 2 aromatic heterocycles. The number of carbonyl (C=O) groups excluding carboxylic acids is 1. The largest absolute Gasteiger partial charge is 0.487 e. The molecular formula is C19H15ClF3N5O2S. The zero-order chi connectivity index (χ0) is 22.0. The number of alkyl halides is 4. The van der Waals surface area contributed by atoms with Crippen LogP contribution in [0.3, 0.4) is 0 Å². The van der Waals surface area contributed by atoms with Gasteiger partial charge in [0.2, 0.25) is 0 Å². The molecule has 7 nitrogen and oxygen atoms in total. The number of ether oxygens (including phenoxy) is 1.